The zero-order chi connectivity index (χ0) is 22.0. The summed E-state index contributed by atoms with van der Waals surface area (Å²) in [6.45, 7) is 2.75. The largest absolute Gasteiger partial charge is 0.493 e. The fraction of sp³-hybridized carbons (Fsp3) is 0.333. The Morgan fingerprint density at radius 3 is 2.53 bits per heavy atom. The van der Waals surface area contributed by atoms with Crippen molar-refractivity contribution >= 4 is 32.6 Å². The molecule has 8 heteroatoms. The summed E-state index contributed by atoms with van der Waals surface area (Å²) in [4.78, 5) is 18.6. The van der Waals surface area contributed by atoms with Gasteiger partial charge in [-0.25, -0.2) is 0 Å². The highest BCUT2D eigenvalue weighted by Crippen LogP contribution is 2.43. The van der Waals surface area contributed by atoms with E-state index in [1.165, 1.54) is 0 Å². The summed E-state index contributed by atoms with van der Waals surface area (Å²) in [6, 6.07) is 5.49. The molecule has 1 atom stereocenters. The van der Waals surface area contributed by atoms with E-state index < -0.39 is 0 Å². The lowest BCUT2D eigenvalue weighted by molar-refractivity contribution is 0.0579. The van der Waals surface area contributed by atoms with E-state index in [0.717, 1.165) is 45.6 Å². The first-order valence-electron chi connectivity index (χ1n) is 10.6. The van der Waals surface area contributed by atoms with E-state index in [1.54, 1.807) is 24.9 Å². The molecule has 4 aromatic rings. The van der Waals surface area contributed by atoms with E-state index in [-0.39, 0.29) is 18.6 Å². The number of aromatic nitrogens is 2. The monoisotopic (exact) mass is 434 g/mol. The van der Waals surface area contributed by atoms with Crippen molar-refractivity contribution in [2.75, 3.05) is 27.6 Å². The number of fused-ring (bicyclic) bond motifs is 6. The van der Waals surface area contributed by atoms with E-state index in [1.807, 2.05) is 25.3 Å². The molecule has 2 aliphatic heterocycles. The molecule has 2 aliphatic rings. The standard InChI is InChI=1S/C24H22N2O6/c1-12-21-15(9-19-23(12)32-11-31-19)22-16(10-25-21)13-7-17(28-2)18(29-3)8-14(13)24(27)26(22)20-5-4-6-30-20/h7-10,20H,4-6,11H2,1-3H3. The number of aryl methyl sites for hydroxylation is 1. The molecule has 2 aromatic heterocycles. The van der Waals surface area contributed by atoms with Crippen LogP contribution in [0.5, 0.6) is 23.0 Å². The topological polar surface area (TPSA) is 81.0 Å². The van der Waals surface area contributed by atoms with Gasteiger partial charge in [0.1, 0.15) is 6.23 Å². The Morgan fingerprint density at radius 2 is 1.81 bits per heavy atom. The summed E-state index contributed by atoms with van der Waals surface area (Å²) >= 11 is 0. The number of nitrogens with zero attached hydrogens (tertiary/aromatic N) is 2. The first-order chi connectivity index (χ1) is 15.6. The van der Waals surface area contributed by atoms with Crippen molar-refractivity contribution in [3.63, 3.8) is 0 Å². The SMILES string of the molecule is COc1cc2c(=O)n(C3CCCO3)c3c4cc5c(c(C)c4ncc3c2cc1OC)OCO5. The second-order valence-electron chi connectivity index (χ2n) is 8.05. The average Bonchev–Trinajstić information content (AvgIpc) is 3.51. The third kappa shape index (κ3) is 2.53. The lowest BCUT2D eigenvalue weighted by atomic mass is 10.0. The summed E-state index contributed by atoms with van der Waals surface area (Å²) in [6.07, 6.45) is 3.13. The number of hydrogen-bond acceptors (Lipinski definition) is 7. The summed E-state index contributed by atoms with van der Waals surface area (Å²) in [5.41, 5.74) is 2.29. The fourth-order valence-corrected chi connectivity index (χ4v) is 4.89. The zero-order valence-electron chi connectivity index (χ0n) is 18.1. The van der Waals surface area contributed by atoms with Gasteiger partial charge in [-0.05, 0) is 38.0 Å². The van der Waals surface area contributed by atoms with Crippen molar-refractivity contribution < 1.29 is 23.7 Å². The Bertz CT molecular complexity index is 1470. The first-order valence-corrected chi connectivity index (χ1v) is 10.6. The van der Waals surface area contributed by atoms with Crippen LogP contribution in [0.3, 0.4) is 0 Å². The highest BCUT2D eigenvalue weighted by atomic mass is 16.7. The van der Waals surface area contributed by atoms with Gasteiger partial charge < -0.3 is 23.7 Å². The highest BCUT2D eigenvalue weighted by Gasteiger charge is 2.27. The molecule has 1 unspecified atom stereocenters. The van der Waals surface area contributed by atoms with Crippen LogP contribution in [0.15, 0.2) is 29.2 Å². The fourth-order valence-electron chi connectivity index (χ4n) is 4.89. The van der Waals surface area contributed by atoms with Crippen molar-refractivity contribution in [2.24, 2.45) is 0 Å². The second-order valence-corrected chi connectivity index (χ2v) is 8.05. The van der Waals surface area contributed by atoms with Gasteiger partial charge in [-0.1, -0.05) is 0 Å². The van der Waals surface area contributed by atoms with Crippen LogP contribution >= 0.6 is 0 Å². The van der Waals surface area contributed by atoms with E-state index in [2.05, 4.69) is 0 Å². The molecule has 4 heterocycles. The molecule has 0 amide bonds. The molecule has 0 N–H and O–H groups in total. The molecule has 8 nitrogen and oxygen atoms in total. The Balaban J connectivity index is 1.84. The molecule has 0 spiro atoms. The first kappa shape index (κ1) is 19.2. The third-order valence-corrected chi connectivity index (χ3v) is 6.40. The minimum Gasteiger partial charge on any atom is -0.493 e. The molecular formula is C24H22N2O6. The lowest BCUT2D eigenvalue weighted by Crippen LogP contribution is -2.25. The molecule has 2 aromatic carbocycles. The van der Waals surface area contributed by atoms with Crippen molar-refractivity contribution in [1.29, 1.82) is 0 Å². The van der Waals surface area contributed by atoms with Crippen molar-refractivity contribution in [2.45, 2.75) is 26.0 Å². The average molecular weight is 434 g/mol. The van der Waals surface area contributed by atoms with Gasteiger partial charge in [0, 0.05) is 34.5 Å². The van der Waals surface area contributed by atoms with Gasteiger partial charge in [0.25, 0.3) is 5.56 Å². The van der Waals surface area contributed by atoms with Crippen LogP contribution in [0.2, 0.25) is 0 Å². The molecule has 32 heavy (non-hydrogen) atoms. The van der Waals surface area contributed by atoms with Crippen LogP contribution in [0, 0.1) is 6.92 Å². The van der Waals surface area contributed by atoms with E-state index >= 15 is 0 Å². The predicted octanol–water partition coefficient (Wildman–Crippen LogP) is 4.07. The molecule has 1 fully saturated rings. The molecule has 0 radical (unpaired) electrons. The number of pyridine rings is 2. The van der Waals surface area contributed by atoms with Gasteiger partial charge in [0.2, 0.25) is 6.79 Å². The Morgan fingerprint density at radius 1 is 1.03 bits per heavy atom. The van der Waals surface area contributed by atoms with Gasteiger partial charge >= 0.3 is 0 Å². The molecule has 164 valence electrons. The van der Waals surface area contributed by atoms with Gasteiger partial charge in [0.15, 0.2) is 23.0 Å². The van der Waals surface area contributed by atoms with Gasteiger partial charge in [0.05, 0.1) is 30.6 Å². The number of hydrogen-bond donors (Lipinski definition) is 0. The quantitative estimate of drug-likeness (QED) is 0.450. The summed E-state index contributed by atoms with van der Waals surface area (Å²) in [5, 5.41) is 2.95. The van der Waals surface area contributed by atoms with Gasteiger partial charge in [-0.15, -0.1) is 0 Å². The number of benzene rings is 2. The van der Waals surface area contributed by atoms with Crippen LogP contribution < -0.4 is 24.5 Å². The van der Waals surface area contributed by atoms with Crippen molar-refractivity contribution in [3.05, 3.63) is 40.3 Å². The van der Waals surface area contributed by atoms with E-state index in [4.69, 9.17) is 28.7 Å². The third-order valence-electron chi connectivity index (χ3n) is 6.40. The Kier molecular flexibility index (Phi) is 4.19. The Hall–Kier alpha value is -3.52. The smallest absolute Gasteiger partial charge is 0.261 e. The predicted molar refractivity (Wildman–Crippen MR) is 119 cm³/mol. The number of rotatable bonds is 3. The maximum Gasteiger partial charge on any atom is 0.261 e. The van der Waals surface area contributed by atoms with Gasteiger partial charge in [-0.3, -0.25) is 14.3 Å². The van der Waals surface area contributed by atoms with E-state index in [0.29, 0.717) is 35.0 Å². The lowest BCUT2D eigenvalue weighted by Gasteiger charge is -2.21. The minimum atomic E-state index is -0.348. The molecular weight excluding hydrogens is 412 g/mol. The maximum atomic E-state index is 13.9. The molecule has 0 bridgehead atoms. The number of ether oxygens (including phenoxy) is 5. The molecule has 0 aliphatic carbocycles. The highest BCUT2D eigenvalue weighted by molar-refractivity contribution is 6.15. The summed E-state index contributed by atoms with van der Waals surface area (Å²) < 4.78 is 30.0. The maximum absolute atomic E-state index is 13.9. The van der Waals surface area contributed by atoms with Gasteiger partial charge in [-0.2, -0.15) is 0 Å². The Labute approximate surface area is 183 Å². The van der Waals surface area contributed by atoms with Crippen molar-refractivity contribution in [1.82, 2.24) is 9.55 Å². The minimum absolute atomic E-state index is 0.136. The van der Waals surface area contributed by atoms with E-state index in [9.17, 15) is 4.79 Å². The zero-order valence-corrected chi connectivity index (χ0v) is 18.1. The van der Waals surface area contributed by atoms with Crippen LogP contribution in [0.25, 0.3) is 32.6 Å². The molecule has 6 rings (SSSR count). The van der Waals surface area contributed by atoms with Crippen LogP contribution in [0.1, 0.15) is 24.6 Å². The molecule has 0 saturated carbocycles. The molecule has 1 saturated heterocycles. The normalized spacial score (nSPS) is 17.5. The van der Waals surface area contributed by atoms with Crippen LogP contribution in [-0.2, 0) is 4.74 Å². The summed E-state index contributed by atoms with van der Waals surface area (Å²) in [5.74, 6) is 2.41. The second kappa shape index (κ2) is 7.00. The summed E-state index contributed by atoms with van der Waals surface area (Å²) in [7, 11) is 3.14. The van der Waals surface area contributed by atoms with Crippen LogP contribution in [0.4, 0.5) is 0 Å². The number of methoxy groups -OCH3 is 2. The van der Waals surface area contributed by atoms with Crippen LogP contribution in [-0.4, -0.2) is 37.2 Å². The van der Waals surface area contributed by atoms with Crippen molar-refractivity contribution in [3.8, 4) is 23.0 Å².